The normalized spacial score (nSPS) is 12.1. The molecule has 1 rings (SSSR count). The zero-order valence-corrected chi connectivity index (χ0v) is 8.43. The standard InChI is InChI=1S/C11H15NO3/c12-10(11(13)14)7-4-8-15-9-5-2-1-3-6-9/h1-3,5-6,10H,4,7-8,12H2,(H,13,14)/t10-/m1/s1. The Bertz CT molecular complexity index is 300. The lowest BCUT2D eigenvalue weighted by molar-refractivity contribution is -0.138. The van der Waals surface area contributed by atoms with Gasteiger partial charge in [0.2, 0.25) is 0 Å². The summed E-state index contributed by atoms with van der Waals surface area (Å²) in [5.74, 6) is -0.170. The maximum atomic E-state index is 10.4. The van der Waals surface area contributed by atoms with E-state index in [1.54, 1.807) is 0 Å². The highest BCUT2D eigenvalue weighted by Gasteiger charge is 2.10. The van der Waals surface area contributed by atoms with Crippen molar-refractivity contribution in [2.45, 2.75) is 18.9 Å². The average molecular weight is 209 g/mol. The van der Waals surface area contributed by atoms with Gasteiger partial charge >= 0.3 is 5.97 Å². The van der Waals surface area contributed by atoms with E-state index in [1.807, 2.05) is 30.3 Å². The SMILES string of the molecule is N[C@H](CCCOc1ccccc1)C(=O)O. The summed E-state index contributed by atoms with van der Waals surface area (Å²) in [4.78, 5) is 10.4. The van der Waals surface area contributed by atoms with Crippen molar-refractivity contribution in [3.8, 4) is 5.75 Å². The number of carbonyl (C=O) groups is 1. The largest absolute Gasteiger partial charge is 0.494 e. The number of carboxylic acid groups (broad SMARTS) is 1. The third-order valence-electron chi connectivity index (χ3n) is 1.99. The molecule has 0 aliphatic heterocycles. The molecule has 0 saturated heterocycles. The Morgan fingerprint density at radius 2 is 2.07 bits per heavy atom. The van der Waals surface area contributed by atoms with Gasteiger partial charge in [0.15, 0.2) is 0 Å². The molecule has 0 aliphatic carbocycles. The van der Waals surface area contributed by atoms with E-state index in [-0.39, 0.29) is 0 Å². The summed E-state index contributed by atoms with van der Waals surface area (Å²) in [7, 11) is 0. The van der Waals surface area contributed by atoms with Crippen LogP contribution in [0.1, 0.15) is 12.8 Å². The number of para-hydroxylation sites is 1. The van der Waals surface area contributed by atoms with Crippen molar-refractivity contribution in [3.63, 3.8) is 0 Å². The second-order valence-corrected chi connectivity index (χ2v) is 3.25. The third kappa shape index (κ3) is 4.46. The van der Waals surface area contributed by atoms with E-state index >= 15 is 0 Å². The molecule has 82 valence electrons. The topological polar surface area (TPSA) is 72.5 Å². The number of rotatable bonds is 6. The molecule has 4 nitrogen and oxygen atoms in total. The van der Waals surface area contributed by atoms with Crippen LogP contribution in [0.5, 0.6) is 5.75 Å². The number of hydrogen-bond donors (Lipinski definition) is 2. The minimum absolute atomic E-state index is 0.433. The first-order valence-electron chi connectivity index (χ1n) is 4.86. The molecule has 0 aromatic heterocycles. The van der Waals surface area contributed by atoms with Gasteiger partial charge < -0.3 is 15.6 Å². The number of nitrogens with two attached hydrogens (primary N) is 1. The van der Waals surface area contributed by atoms with Gasteiger partial charge in [0.25, 0.3) is 0 Å². The van der Waals surface area contributed by atoms with Crippen LogP contribution >= 0.6 is 0 Å². The Morgan fingerprint density at radius 1 is 1.40 bits per heavy atom. The van der Waals surface area contributed by atoms with Gasteiger partial charge in [-0.05, 0) is 25.0 Å². The quantitative estimate of drug-likeness (QED) is 0.692. The summed E-state index contributed by atoms with van der Waals surface area (Å²) in [6.07, 6.45) is 1.07. The van der Waals surface area contributed by atoms with E-state index in [1.165, 1.54) is 0 Å². The van der Waals surface area contributed by atoms with E-state index in [4.69, 9.17) is 15.6 Å². The van der Waals surface area contributed by atoms with Gasteiger partial charge in [0.05, 0.1) is 6.61 Å². The van der Waals surface area contributed by atoms with Crippen LogP contribution < -0.4 is 10.5 Å². The molecule has 0 bridgehead atoms. The monoisotopic (exact) mass is 209 g/mol. The van der Waals surface area contributed by atoms with Crippen LogP contribution in [0.15, 0.2) is 30.3 Å². The predicted molar refractivity (Wildman–Crippen MR) is 56.8 cm³/mol. The van der Waals surface area contributed by atoms with Crippen molar-refractivity contribution >= 4 is 5.97 Å². The van der Waals surface area contributed by atoms with E-state index in [0.717, 1.165) is 5.75 Å². The van der Waals surface area contributed by atoms with E-state index in [2.05, 4.69) is 0 Å². The molecule has 0 spiro atoms. The van der Waals surface area contributed by atoms with Crippen LogP contribution in [-0.2, 0) is 4.79 Å². The molecule has 1 atom stereocenters. The molecule has 0 saturated carbocycles. The van der Waals surface area contributed by atoms with Crippen LogP contribution in [-0.4, -0.2) is 23.7 Å². The van der Waals surface area contributed by atoms with E-state index in [0.29, 0.717) is 19.4 Å². The minimum atomic E-state index is -0.963. The number of carboxylic acids is 1. The maximum absolute atomic E-state index is 10.4. The van der Waals surface area contributed by atoms with Gasteiger partial charge in [0, 0.05) is 0 Å². The molecule has 4 heteroatoms. The summed E-state index contributed by atoms with van der Waals surface area (Å²) in [5.41, 5.74) is 5.34. The zero-order chi connectivity index (χ0) is 11.1. The molecule has 0 radical (unpaired) electrons. The summed E-state index contributed by atoms with van der Waals surface area (Å²) in [6.45, 7) is 0.491. The zero-order valence-electron chi connectivity index (χ0n) is 8.43. The van der Waals surface area contributed by atoms with Crippen molar-refractivity contribution < 1.29 is 14.6 Å². The van der Waals surface area contributed by atoms with Gasteiger partial charge in [0.1, 0.15) is 11.8 Å². The molecule has 3 N–H and O–H groups in total. The number of benzene rings is 1. The Hall–Kier alpha value is -1.55. The van der Waals surface area contributed by atoms with Crippen molar-refractivity contribution in [1.82, 2.24) is 0 Å². The highest BCUT2D eigenvalue weighted by molar-refractivity contribution is 5.72. The third-order valence-corrected chi connectivity index (χ3v) is 1.99. The van der Waals surface area contributed by atoms with Crippen molar-refractivity contribution in [2.75, 3.05) is 6.61 Å². The Labute approximate surface area is 88.7 Å². The second kappa shape index (κ2) is 6.03. The molecule has 0 amide bonds. The molecule has 1 aromatic carbocycles. The number of aliphatic carboxylic acids is 1. The van der Waals surface area contributed by atoms with Crippen molar-refractivity contribution in [1.29, 1.82) is 0 Å². The lowest BCUT2D eigenvalue weighted by atomic mass is 10.2. The average Bonchev–Trinajstić information content (AvgIpc) is 2.25. The highest BCUT2D eigenvalue weighted by atomic mass is 16.5. The first-order chi connectivity index (χ1) is 7.20. The molecule has 15 heavy (non-hydrogen) atoms. The Balaban J connectivity index is 2.15. The summed E-state index contributed by atoms with van der Waals surface area (Å²) in [5, 5.41) is 8.53. The predicted octanol–water partition coefficient (Wildman–Crippen LogP) is 1.26. The van der Waals surface area contributed by atoms with Gasteiger partial charge in [-0.1, -0.05) is 18.2 Å². The fourth-order valence-corrected chi connectivity index (χ4v) is 1.13. The molecule has 0 heterocycles. The molecule has 0 aliphatic rings. The summed E-state index contributed by atoms with van der Waals surface area (Å²) < 4.78 is 5.39. The minimum Gasteiger partial charge on any atom is -0.494 e. The van der Waals surface area contributed by atoms with Crippen LogP contribution in [0.3, 0.4) is 0 Å². The molecule has 0 fully saturated rings. The van der Waals surface area contributed by atoms with Crippen LogP contribution in [0.25, 0.3) is 0 Å². The van der Waals surface area contributed by atoms with E-state index < -0.39 is 12.0 Å². The van der Waals surface area contributed by atoms with Crippen LogP contribution in [0, 0.1) is 0 Å². The number of ether oxygens (including phenoxy) is 1. The van der Waals surface area contributed by atoms with Gasteiger partial charge in [-0.3, -0.25) is 4.79 Å². The van der Waals surface area contributed by atoms with Gasteiger partial charge in [-0.25, -0.2) is 0 Å². The van der Waals surface area contributed by atoms with Crippen molar-refractivity contribution in [2.24, 2.45) is 5.73 Å². The Morgan fingerprint density at radius 3 is 2.67 bits per heavy atom. The maximum Gasteiger partial charge on any atom is 0.320 e. The fourth-order valence-electron chi connectivity index (χ4n) is 1.13. The number of hydrogen-bond acceptors (Lipinski definition) is 3. The molecular formula is C11H15NO3. The molecular weight excluding hydrogens is 194 g/mol. The van der Waals surface area contributed by atoms with E-state index in [9.17, 15) is 4.79 Å². The second-order valence-electron chi connectivity index (χ2n) is 3.25. The van der Waals surface area contributed by atoms with Crippen molar-refractivity contribution in [3.05, 3.63) is 30.3 Å². The summed E-state index contributed by atoms with van der Waals surface area (Å²) in [6, 6.07) is 8.61. The Kier molecular flexibility index (Phi) is 4.63. The van der Waals surface area contributed by atoms with Crippen LogP contribution in [0.2, 0.25) is 0 Å². The summed E-state index contributed by atoms with van der Waals surface area (Å²) >= 11 is 0. The first-order valence-corrected chi connectivity index (χ1v) is 4.86. The molecule has 1 aromatic rings. The lowest BCUT2D eigenvalue weighted by Gasteiger charge is -2.07. The fraction of sp³-hybridized carbons (Fsp3) is 0.364. The van der Waals surface area contributed by atoms with Crippen LogP contribution in [0.4, 0.5) is 0 Å². The smallest absolute Gasteiger partial charge is 0.320 e. The lowest BCUT2D eigenvalue weighted by Crippen LogP contribution is -2.30. The molecule has 0 unspecified atom stereocenters. The van der Waals surface area contributed by atoms with Gasteiger partial charge in [-0.15, -0.1) is 0 Å². The first kappa shape index (κ1) is 11.5. The van der Waals surface area contributed by atoms with Gasteiger partial charge in [-0.2, -0.15) is 0 Å². The highest BCUT2D eigenvalue weighted by Crippen LogP contribution is 2.09.